The minimum absolute atomic E-state index is 0.348. The van der Waals surface area contributed by atoms with Gasteiger partial charge in [-0.3, -0.25) is 4.79 Å². The van der Waals surface area contributed by atoms with Crippen LogP contribution in [-0.2, 0) is 17.6 Å². The molecule has 0 N–H and O–H groups in total. The standard InChI is InChI=1S/C26H30N2O4/c1-5-7-20-9-11-25(32-26(30)28-15-13-27(4)14-16-28)23(17-20)21-10-12-24(31-19(3)29)22(18-21)8-6-2/h5-6,9-12,17-18H,1-2,7-8,13-16H2,3-4H3. The molecule has 0 spiro atoms. The second kappa shape index (κ2) is 10.8. The maximum atomic E-state index is 12.8. The number of hydrogen-bond acceptors (Lipinski definition) is 5. The van der Waals surface area contributed by atoms with E-state index in [4.69, 9.17) is 9.47 Å². The summed E-state index contributed by atoms with van der Waals surface area (Å²) in [5.41, 5.74) is 3.55. The molecule has 3 rings (SSSR count). The molecule has 1 amide bonds. The highest BCUT2D eigenvalue weighted by Gasteiger charge is 2.22. The van der Waals surface area contributed by atoms with Gasteiger partial charge < -0.3 is 19.3 Å². The van der Waals surface area contributed by atoms with Crippen molar-refractivity contribution in [2.45, 2.75) is 19.8 Å². The van der Waals surface area contributed by atoms with E-state index < -0.39 is 0 Å². The van der Waals surface area contributed by atoms with E-state index in [1.807, 2.05) is 43.5 Å². The topological polar surface area (TPSA) is 59.1 Å². The number of carbonyl (C=O) groups is 2. The van der Waals surface area contributed by atoms with Crippen molar-refractivity contribution in [2.75, 3.05) is 33.2 Å². The summed E-state index contributed by atoms with van der Waals surface area (Å²) in [7, 11) is 2.04. The van der Waals surface area contributed by atoms with Gasteiger partial charge in [-0.1, -0.05) is 24.3 Å². The van der Waals surface area contributed by atoms with Gasteiger partial charge >= 0.3 is 12.1 Å². The van der Waals surface area contributed by atoms with Gasteiger partial charge in [0.2, 0.25) is 0 Å². The number of likely N-dealkylation sites (N-methyl/N-ethyl adjacent to an activating group) is 1. The molecule has 2 aromatic carbocycles. The van der Waals surface area contributed by atoms with E-state index in [2.05, 4.69) is 18.1 Å². The molecule has 0 radical (unpaired) electrons. The maximum Gasteiger partial charge on any atom is 0.415 e. The molecule has 2 aromatic rings. The third-order valence-electron chi connectivity index (χ3n) is 5.37. The van der Waals surface area contributed by atoms with E-state index in [1.165, 1.54) is 6.92 Å². The smallest absolute Gasteiger partial charge is 0.415 e. The Hall–Kier alpha value is -3.38. The molecular formula is C26H30N2O4. The molecule has 0 atom stereocenters. The maximum absolute atomic E-state index is 12.8. The molecule has 1 heterocycles. The lowest BCUT2D eigenvalue weighted by Gasteiger charge is -2.31. The SMILES string of the molecule is C=CCc1ccc(OC(=O)N2CCN(C)CC2)c(-c2ccc(OC(C)=O)c(CC=C)c2)c1. The molecule has 1 aliphatic heterocycles. The first kappa shape index (κ1) is 23.3. The molecule has 0 unspecified atom stereocenters. The summed E-state index contributed by atoms with van der Waals surface area (Å²) < 4.78 is 11.2. The zero-order valence-corrected chi connectivity index (χ0v) is 18.8. The molecule has 168 valence electrons. The Balaban J connectivity index is 1.96. The van der Waals surface area contributed by atoms with Crippen LogP contribution in [0.1, 0.15) is 18.1 Å². The van der Waals surface area contributed by atoms with E-state index in [0.717, 1.165) is 35.3 Å². The highest BCUT2D eigenvalue weighted by molar-refractivity contribution is 5.79. The Morgan fingerprint density at radius 3 is 2.28 bits per heavy atom. The normalized spacial score (nSPS) is 14.0. The molecule has 0 bridgehead atoms. The van der Waals surface area contributed by atoms with Gasteiger partial charge in [-0.25, -0.2) is 4.79 Å². The molecule has 0 saturated carbocycles. The van der Waals surface area contributed by atoms with E-state index in [-0.39, 0.29) is 12.1 Å². The lowest BCUT2D eigenvalue weighted by atomic mass is 9.97. The van der Waals surface area contributed by atoms with Crippen LogP contribution in [0.4, 0.5) is 4.79 Å². The third-order valence-corrected chi connectivity index (χ3v) is 5.37. The summed E-state index contributed by atoms with van der Waals surface area (Å²) in [5, 5.41) is 0. The Morgan fingerprint density at radius 1 is 0.938 bits per heavy atom. The summed E-state index contributed by atoms with van der Waals surface area (Å²) in [5.74, 6) is 0.615. The Morgan fingerprint density at radius 2 is 1.62 bits per heavy atom. The number of rotatable bonds is 7. The third kappa shape index (κ3) is 5.86. The molecule has 1 aliphatic rings. The van der Waals surface area contributed by atoms with Gasteiger partial charge in [0.25, 0.3) is 0 Å². The van der Waals surface area contributed by atoms with Crippen LogP contribution < -0.4 is 9.47 Å². The monoisotopic (exact) mass is 434 g/mol. The summed E-state index contributed by atoms with van der Waals surface area (Å²) in [6.07, 6.45) is 4.49. The zero-order chi connectivity index (χ0) is 23.1. The number of ether oxygens (including phenoxy) is 2. The molecule has 6 nitrogen and oxygen atoms in total. The van der Waals surface area contributed by atoms with Gasteiger partial charge in [-0.05, 0) is 60.8 Å². The average Bonchev–Trinajstić information content (AvgIpc) is 2.76. The highest BCUT2D eigenvalue weighted by atomic mass is 16.6. The Bertz CT molecular complexity index is 1010. The fourth-order valence-corrected chi connectivity index (χ4v) is 3.65. The minimum Gasteiger partial charge on any atom is -0.426 e. The average molecular weight is 435 g/mol. The number of esters is 1. The minimum atomic E-state index is -0.377. The quantitative estimate of drug-likeness (QED) is 0.365. The first-order valence-corrected chi connectivity index (χ1v) is 10.7. The number of allylic oxidation sites excluding steroid dienone is 2. The van der Waals surface area contributed by atoms with Gasteiger partial charge in [-0.15, -0.1) is 13.2 Å². The van der Waals surface area contributed by atoms with Gasteiger partial charge in [-0.2, -0.15) is 0 Å². The molecule has 0 aliphatic carbocycles. The lowest BCUT2D eigenvalue weighted by Crippen LogP contribution is -2.48. The van der Waals surface area contributed by atoms with E-state index in [1.54, 1.807) is 17.0 Å². The number of piperazine rings is 1. The van der Waals surface area contributed by atoms with Gasteiger partial charge in [0.05, 0.1) is 0 Å². The van der Waals surface area contributed by atoms with Crippen molar-refractivity contribution in [3.8, 4) is 22.6 Å². The van der Waals surface area contributed by atoms with Crippen molar-refractivity contribution in [2.24, 2.45) is 0 Å². The van der Waals surface area contributed by atoms with Crippen molar-refractivity contribution >= 4 is 12.1 Å². The Kier molecular flexibility index (Phi) is 7.84. The number of hydrogen-bond donors (Lipinski definition) is 0. The van der Waals surface area contributed by atoms with Crippen molar-refractivity contribution in [3.63, 3.8) is 0 Å². The number of amides is 1. The van der Waals surface area contributed by atoms with Gasteiger partial charge in [0, 0.05) is 38.7 Å². The second-order valence-electron chi connectivity index (χ2n) is 7.89. The summed E-state index contributed by atoms with van der Waals surface area (Å²) in [6, 6.07) is 11.4. The summed E-state index contributed by atoms with van der Waals surface area (Å²) in [4.78, 5) is 28.2. The van der Waals surface area contributed by atoms with E-state index in [0.29, 0.717) is 37.4 Å². The van der Waals surface area contributed by atoms with Crippen LogP contribution in [0.15, 0.2) is 61.7 Å². The predicted octanol–water partition coefficient (Wildman–Crippen LogP) is 4.48. The second-order valence-corrected chi connectivity index (χ2v) is 7.89. The molecular weight excluding hydrogens is 404 g/mol. The molecule has 1 fully saturated rings. The van der Waals surface area contributed by atoms with E-state index >= 15 is 0 Å². The number of benzene rings is 2. The van der Waals surface area contributed by atoms with Crippen LogP contribution in [-0.4, -0.2) is 55.1 Å². The predicted molar refractivity (Wildman–Crippen MR) is 126 cm³/mol. The first-order valence-electron chi connectivity index (χ1n) is 10.7. The number of nitrogens with zero attached hydrogens (tertiary/aromatic N) is 2. The van der Waals surface area contributed by atoms with Gasteiger partial charge in [0.15, 0.2) is 0 Å². The van der Waals surface area contributed by atoms with Crippen LogP contribution in [0.25, 0.3) is 11.1 Å². The number of carbonyl (C=O) groups excluding carboxylic acids is 2. The summed E-state index contributed by atoms with van der Waals surface area (Å²) >= 11 is 0. The lowest BCUT2D eigenvalue weighted by molar-refractivity contribution is -0.131. The van der Waals surface area contributed by atoms with Crippen LogP contribution in [0, 0.1) is 0 Å². The first-order chi connectivity index (χ1) is 15.4. The van der Waals surface area contributed by atoms with Crippen molar-refractivity contribution < 1.29 is 19.1 Å². The summed E-state index contributed by atoms with van der Waals surface area (Å²) in [6.45, 7) is 11.9. The molecule has 1 saturated heterocycles. The largest absolute Gasteiger partial charge is 0.426 e. The van der Waals surface area contributed by atoms with Crippen LogP contribution in [0.2, 0.25) is 0 Å². The van der Waals surface area contributed by atoms with Crippen LogP contribution in [0.3, 0.4) is 0 Å². The van der Waals surface area contributed by atoms with Crippen LogP contribution in [0.5, 0.6) is 11.5 Å². The van der Waals surface area contributed by atoms with Crippen LogP contribution >= 0.6 is 0 Å². The van der Waals surface area contributed by atoms with Gasteiger partial charge in [0.1, 0.15) is 11.5 Å². The van der Waals surface area contributed by atoms with Crippen molar-refractivity contribution in [3.05, 3.63) is 72.8 Å². The highest BCUT2D eigenvalue weighted by Crippen LogP contribution is 2.35. The van der Waals surface area contributed by atoms with Crippen molar-refractivity contribution in [1.82, 2.24) is 9.80 Å². The van der Waals surface area contributed by atoms with Crippen molar-refractivity contribution in [1.29, 1.82) is 0 Å². The molecule has 6 heteroatoms. The fraction of sp³-hybridized carbons (Fsp3) is 0.308. The van der Waals surface area contributed by atoms with E-state index in [9.17, 15) is 9.59 Å². The molecule has 32 heavy (non-hydrogen) atoms. The zero-order valence-electron chi connectivity index (χ0n) is 18.8. The molecule has 0 aromatic heterocycles. The fourth-order valence-electron chi connectivity index (χ4n) is 3.65. The Labute approximate surface area is 189 Å².